The number of ether oxygens (including phenoxy) is 1. The van der Waals surface area contributed by atoms with Crippen LogP contribution in [-0.4, -0.2) is 14.1 Å². The molecule has 0 saturated heterocycles. The molecule has 12 rings (SSSR count). The molecular weight excluding hydrogens is 1190 g/mol. The minimum atomic E-state index is -2.56. The third-order valence-electron chi connectivity index (χ3n) is 15.6. The molecule has 0 atom stereocenters. The normalized spacial score (nSPS) is 13.8. The van der Waals surface area contributed by atoms with Crippen molar-refractivity contribution in [3.63, 3.8) is 0 Å². The molecule has 0 radical (unpaired) electrons. The van der Waals surface area contributed by atoms with Crippen molar-refractivity contribution in [1.82, 2.24) is 14.1 Å². The number of fused-ring (bicyclic) bond motifs is 4. The summed E-state index contributed by atoms with van der Waals surface area (Å²) in [6.45, 7) is 24.4. The minimum absolute atomic E-state index is 0. The van der Waals surface area contributed by atoms with E-state index < -0.39 is 25.0 Å². The molecular formula is C77H72N4OPt-2. The Morgan fingerprint density at radius 3 is 1.67 bits per heavy atom. The Morgan fingerprint density at radius 1 is 0.494 bits per heavy atom. The van der Waals surface area contributed by atoms with Crippen molar-refractivity contribution in [2.75, 3.05) is 0 Å². The van der Waals surface area contributed by atoms with E-state index in [4.69, 9.17) is 16.6 Å². The number of aromatic nitrogens is 4. The third kappa shape index (κ3) is 11.2. The Morgan fingerprint density at radius 2 is 1.05 bits per heavy atom. The molecule has 83 heavy (non-hydrogen) atoms. The molecule has 3 aromatic heterocycles. The van der Waals surface area contributed by atoms with Gasteiger partial charge < -0.3 is 13.9 Å². The van der Waals surface area contributed by atoms with E-state index in [2.05, 4.69) is 156 Å². The summed E-state index contributed by atoms with van der Waals surface area (Å²) in [4.78, 5) is 5.21. The molecule has 6 heteroatoms. The van der Waals surface area contributed by atoms with Crippen LogP contribution in [0.5, 0.6) is 11.5 Å². The van der Waals surface area contributed by atoms with Gasteiger partial charge in [-0.2, -0.15) is 18.2 Å². The standard InChI is InChI=1S/C77H72N4O.Pt/c1-50-36-73(78-48-67(50)56-38-52(54-40-57(74(2,3)4)44-58(41-54)75(5,6)7)37-53(39-56)55-42-59(76(8,9)10)45-60(43-55)77(11,12)13)81-69-31-20-18-29-65(69)66-35-34-63(47-72(66)81)82-62-27-23-26-61(46-62)79-49-80(71-33-22-21-32-70(71)79)68-30-19-17-28-64(68)51-24-15-14-16-25-51;/h14-45,48H,1-13H3;/q-2;/i1D3,14D,15D,16D,24D,25D;. The van der Waals surface area contributed by atoms with Crippen LogP contribution >= 0.6 is 0 Å². The summed E-state index contributed by atoms with van der Waals surface area (Å²) in [5, 5.41) is 1.80. The molecule has 0 unspecified atom stereocenters. The molecule has 0 aliphatic heterocycles. The Labute approximate surface area is 516 Å². The van der Waals surface area contributed by atoms with Crippen molar-refractivity contribution < 1.29 is 41.3 Å². The van der Waals surface area contributed by atoms with E-state index in [9.17, 15) is 4.11 Å². The van der Waals surface area contributed by atoms with E-state index >= 15 is 0 Å². The van der Waals surface area contributed by atoms with Crippen LogP contribution in [0.2, 0.25) is 0 Å². The summed E-state index contributed by atoms with van der Waals surface area (Å²) in [6, 6.07) is 59.5. The van der Waals surface area contributed by atoms with Gasteiger partial charge >= 0.3 is 0 Å². The first-order valence-corrected chi connectivity index (χ1v) is 28.1. The van der Waals surface area contributed by atoms with Gasteiger partial charge in [-0.1, -0.05) is 216 Å². The predicted molar refractivity (Wildman–Crippen MR) is 341 cm³/mol. The molecule has 0 N–H and O–H groups in total. The number of para-hydroxylation sites is 4. The van der Waals surface area contributed by atoms with Gasteiger partial charge in [-0.25, -0.2) is 4.98 Å². The summed E-state index contributed by atoms with van der Waals surface area (Å²) >= 11 is 0. The number of pyridine rings is 1. The molecule has 5 nitrogen and oxygen atoms in total. The maximum absolute atomic E-state index is 9.27. The van der Waals surface area contributed by atoms with Crippen molar-refractivity contribution in [3.05, 3.63) is 246 Å². The zero-order valence-electron chi connectivity index (χ0n) is 57.2. The maximum Gasteiger partial charge on any atom is 0.268 e. The molecule has 0 aliphatic rings. The molecule has 0 saturated carbocycles. The van der Waals surface area contributed by atoms with E-state index in [1.54, 1.807) is 24.4 Å². The second kappa shape index (κ2) is 21.6. The second-order valence-corrected chi connectivity index (χ2v) is 25.7. The molecule has 9 aromatic carbocycles. The summed E-state index contributed by atoms with van der Waals surface area (Å²) in [5.41, 5.74) is 14.4. The molecule has 12 aromatic rings. The fourth-order valence-electron chi connectivity index (χ4n) is 10.8. The first-order valence-electron chi connectivity index (χ1n) is 32.1. The molecule has 3 heterocycles. The average Bonchev–Trinajstić information content (AvgIpc) is 1.68. The van der Waals surface area contributed by atoms with Crippen LogP contribution in [0.4, 0.5) is 0 Å². The predicted octanol–water partition coefficient (Wildman–Crippen LogP) is 19.8. The maximum atomic E-state index is 9.27. The SMILES string of the molecule is [2H]c1c([2H])c([2H])c(-c2ccccc2-[n+]2[c-]n(-c3[c-]c(Oc4[c-]c5c(cc4)c4ccccc4n5-c4cc(C([2H])([2H])[2H])c(-c5cc(-c6cc(C(C)(C)C)cc(C(C)(C)C)c6)cc(-c6cc(C(C)(C)C)cc(C(C)(C)C)c6)c5)cn4)ccc3)c3ccccc32)c([2H])c1[2H].[Pt]. The Hall–Kier alpha value is -8.11. The van der Waals surface area contributed by atoms with Crippen LogP contribution in [0.25, 0.3) is 94.5 Å². The molecule has 0 aliphatic carbocycles. The number of imidazole rings is 1. The van der Waals surface area contributed by atoms with Crippen LogP contribution in [0.15, 0.2) is 200 Å². The first kappa shape index (κ1) is 47.4. The van der Waals surface area contributed by atoms with Gasteiger partial charge in [0.15, 0.2) is 0 Å². The van der Waals surface area contributed by atoms with Crippen molar-refractivity contribution in [3.8, 4) is 73.2 Å². The summed E-state index contributed by atoms with van der Waals surface area (Å²) in [6.07, 6.45) is 5.20. The van der Waals surface area contributed by atoms with E-state index in [0.29, 0.717) is 45.3 Å². The van der Waals surface area contributed by atoms with Crippen molar-refractivity contribution in [2.45, 2.75) is 112 Å². The zero-order chi connectivity index (χ0) is 64.3. The molecule has 418 valence electrons. The van der Waals surface area contributed by atoms with Gasteiger partial charge in [0.05, 0.1) is 23.6 Å². The Bertz CT molecular complexity index is 4670. The number of nitrogens with zero attached hydrogens (tertiary/aromatic N) is 4. The van der Waals surface area contributed by atoms with E-state index in [0.717, 1.165) is 55.1 Å². The van der Waals surface area contributed by atoms with Gasteiger partial charge in [-0.3, -0.25) is 4.57 Å². The molecule has 0 bridgehead atoms. The third-order valence-corrected chi connectivity index (χ3v) is 15.6. The number of aryl methyl sites for hydroxylation is 1. The fourth-order valence-corrected chi connectivity index (χ4v) is 10.8. The van der Waals surface area contributed by atoms with Crippen molar-refractivity contribution in [2.24, 2.45) is 0 Å². The van der Waals surface area contributed by atoms with Gasteiger partial charge in [-0.05, 0) is 143 Å². The minimum Gasteiger partial charge on any atom is -0.510 e. The number of rotatable bonds is 9. The van der Waals surface area contributed by atoms with Gasteiger partial charge in [-0.15, -0.1) is 29.7 Å². The fraction of sp³-hybridized carbons (Fsp3) is 0.221. The summed E-state index contributed by atoms with van der Waals surface area (Å²) < 4.78 is 82.9. The van der Waals surface area contributed by atoms with Crippen molar-refractivity contribution >= 4 is 32.8 Å². The van der Waals surface area contributed by atoms with Gasteiger partial charge in [0, 0.05) is 54.0 Å². The molecule has 0 amide bonds. The van der Waals surface area contributed by atoms with E-state index in [-0.39, 0.29) is 65.9 Å². The Balaban J connectivity index is 0.00000850. The van der Waals surface area contributed by atoms with Crippen LogP contribution < -0.4 is 9.30 Å². The first-order chi connectivity index (χ1) is 42.3. The molecule has 0 spiro atoms. The number of hydrogen-bond donors (Lipinski definition) is 0. The van der Waals surface area contributed by atoms with Crippen LogP contribution in [0, 0.1) is 25.3 Å². The molecule has 0 fully saturated rings. The van der Waals surface area contributed by atoms with E-state index in [1.807, 2.05) is 105 Å². The second-order valence-electron chi connectivity index (χ2n) is 25.7. The van der Waals surface area contributed by atoms with Gasteiger partial charge in [0.2, 0.25) is 0 Å². The van der Waals surface area contributed by atoms with Crippen LogP contribution in [0.1, 0.15) is 122 Å². The average molecular weight is 1270 g/mol. The monoisotopic (exact) mass is 1270 g/mol. The van der Waals surface area contributed by atoms with Gasteiger partial charge in [0.25, 0.3) is 6.33 Å². The van der Waals surface area contributed by atoms with E-state index in [1.165, 1.54) is 22.3 Å². The quantitative estimate of drug-likeness (QED) is 0.107. The van der Waals surface area contributed by atoms with Crippen LogP contribution in [0.3, 0.4) is 0 Å². The van der Waals surface area contributed by atoms with Crippen LogP contribution in [-0.2, 0) is 42.7 Å². The largest absolute Gasteiger partial charge is 0.510 e. The zero-order valence-corrected chi connectivity index (χ0v) is 51.5. The number of benzene rings is 9. The van der Waals surface area contributed by atoms with Gasteiger partial charge in [0.1, 0.15) is 5.82 Å². The smallest absolute Gasteiger partial charge is 0.268 e. The number of hydrogen-bond acceptors (Lipinski definition) is 2. The summed E-state index contributed by atoms with van der Waals surface area (Å²) in [5.74, 6) is 1.18. The summed E-state index contributed by atoms with van der Waals surface area (Å²) in [7, 11) is 0. The van der Waals surface area contributed by atoms with Crippen molar-refractivity contribution in [1.29, 1.82) is 0 Å². The Kier molecular flexibility index (Phi) is 12.3. The topological polar surface area (TPSA) is 35.9 Å².